The van der Waals surface area contributed by atoms with Crippen LogP contribution in [0.1, 0.15) is 11.1 Å². The maximum Gasteiger partial charge on any atom is 0.416 e. The fourth-order valence-corrected chi connectivity index (χ4v) is 1.70. The van der Waals surface area contributed by atoms with Gasteiger partial charge in [-0.1, -0.05) is 0 Å². The van der Waals surface area contributed by atoms with Crippen LogP contribution in [0.4, 0.5) is 18.9 Å². The summed E-state index contributed by atoms with van der Waals surface area (Å²) in [6, 6.07) is 2.48. The predicted octanol–water partition coefficient (Wildman–Crippen LogP) is 0.780. The van der Waals surface area contributed by atoms with E-state index in [1.54, 1.807) is 0 Å². The molecule has 0 saturated heterocycles. The van der Waals surface area contributed by atoms with Gasteiger partial charge in [0.15, 0.2) is 0 Å². The SMILES string of the molecule is NCc1cc(C(F)(F)F)ccc1NS(N)(=O)=O. The maximum absolute atomic E-state index is 12.4. The molecule has 1 rings (SSSR count). The van der Waals surface area contributed by atoms with E-state index in [0.717, 1.165) is 18.2 Å². The highest BCUT2D eigenvalue weighted by Gasteiger charge is 2.31. The predicted molar refractivity (Wildman–Crippen MR) is 56.1 cm³/mol. The highest BCUT2D eigenvalue weighted by Crippen LogP contribution is 2.31. The lowest BCUT2D eigenvalue weighted by atomic mass is 10.1. The number of nitrogens with one attached hydrogen (secondary N) is 1. The molecule has 1 aromatic rings. The average molecular weight is 269 g/mol. The molecule has 96 valence electrons. The number of hydrogen-bond acceptors (Lipinski definition) is 3. The second kappa shape index (κ2) is 4.51. The lowest BCUT2D eigenvalue weighted by molar-refractivity contribution is -0.137. The third-order valence-electron chi connectivity index (χ3n) is 1.90. The third-order valence-corrected chi connectivity index (χ3v) is 2.41. The summed E-state index contributed by atoms with van der Waals surface area (Å²) in [5.41, 5.74) is 4.28. The number of hydrogen-bond donors (Lipinski definition) is 3. The van der Waals surface area contributed by atoms with E-state index in [9.17, 15) is 21.6 Å². The Morgan fingerprint density at radius 1 is 1.29 bits per heavy atom. The van der Waals surface area contributed by atoms with Crippen molar-refractivity contribution in [1.29, 1.82) is 0 Å². The van der Waals surface area contributed by atoms with Crippen LogP contribution in [-0.4, -0.2) is 8.42 Å². The second-order valence-electron chi connectivity index (χ2n) is 3.22. The van der Waals surface area contributed by atoms with Crippen LogP contribution < -0.4 is 15.6 Å². The fourth-order valence-electron chi connectivity index (χ4n) is 1.19. The zero-order valence-electron chi connectivity index (χ0n) is 8.45. The Morgan fingerprint density at radius 2 is 1.88 bits per heavy atom. The summed E-state index contributed by atoms with van der Waals surface area (Å²) in [4.78, 5) is 0. The molecule has 0 spiro atoms. The molecule has 9 heteroatoms. The van der Waals surface area contributed by atoms with Crippen LogP contribution in [0.5, 0.6) is 0 Å². The molecule has 5 nitrogen and oxygen atoms in total. The van der Waals surface area contributed by atoms with Gasteiger partial charge in [-0.15, -0.1) is 0 Å². The monoisotopic (exact) mass is 269 g/mol. The molecule has 1 aromatic carbocycles. The van der Waals surface area contributed by atoms with Crippen LogP contribution in [0.15, 0.2) is 18.2 Å². The molecule has 0 amide bonds. The molecule has 0 aliphatic rings. The van der Waals surface area contributed by atoms with E-state index in [2.05, 4.69) is 0 Å². The van der Waals surface area contributed by atoms with Crippen molar-refractivity contribution in [1.82, 2.24) is 0 Å². The Hall–Kier alpha value is -1.32. The Morgan fingerprint density at radius 3 is 2.29 bits per heavy atom. The summed E-state index contributed by atoms with van der Waals surface area (Å²) >= 11 is 0. The third kappa shape index (κ3) is 3.88. The molecular weight excluding hydrogens is 259 g/mol. The topological polar surface area (TPSA) is 98.2 Å². The van der Waals surface area contributed by atoms with Crippen LogP contribution in [0.2, 0.25) is 0 Å². The summed E-state index contributed by atoms with van der Waals surface area (Å²) in [6.45, 7) is -0.248. The largest absolute Gasteiger partial charge is 0.416 e. The summed E-state index contributed by atoms with van der Waals surface area (Å²) in [6.07, 6.45) is -4.51. The van der Waals surface area contributed by atoms with Crippen LogP contribution in [0.3, 0.4) is 0 Å². The Kier molecular flexibility index (Phi) is 3.65. The summed E-state index contributed by atoms with van der Waals surface area (Å²) in [7, 11) is -4.04. The molecule has 0 aromatic heterocycles. The minimum absolute atomic E-state index is 0.00819. The van der Waals surface area contributed by atoms with Gasteiger partial charge in [0.2, 0.25) is 0 Å². The Labute approximate surface area is 95.8 Å². The van der Waals surface area contributed by atoms with E-state index in [1.165, 1.54) is 0 Å². The minimum atomic E-state index is -4.51. The van der Waals surface area contributed by atoms with Crippen molar-refractivity contribution in [2.24, 2.45) is 10.9 Å². The Balaban J connectivity index is 3.19. The van der Waals surface area contributed by atoms with Crippen molar-refractivity contribution in [3.8, 4) is 0 Å². The second-order valence-corrected chi connectivity index (χ2v) is 4.52. The molecular formula is C8H10F3N3O2S. The van der Waals surface area contributed by atoms with Gasteiger partial charge in [0.25, 0.3) is 10.2 Å². The zero-order chi connectivity index (χ0) is 13.3. The van der Waals surface area contributed by atoms with Crippen LogP contribution in [0, 0.1) is 0 Å². The van der Waals surface area contributed by atoms with Gasteiger partial charge in [-0.25, -0.2) is 5.14 Å². The van der Waals surface area contributed by atoms with E-state index in [0.29, 0.717) is 0 Å². The van der Waals surface area contributed by atoms with Gasteiger partial charge in [0.1, 0.15) is 0 Å². The van der Waals surface area contributed by atoms with E-state index in [1.807, 2.05) is 4.72 Å². The van der Waals surface area contributed by atoms with Gasteiger partial charge in [-0.3, -0.25) is 4.72 Å². The molecule has 5 N–H and O–H groups in total. The molecule has 0 unspecified atom stereocenters. The average Bonchev–Trinajstić information content (AvgIpc) is 2.14. The summed E-state index contributed by atoms with van der Waals surface area (Å²) in [5, 5.41) is 4.71. The zero-order valence-corrected chi connectivity index (χ0v) is 9.27. The maximum atomic E-state index is 12.4. The van der Waals surface area contributed by atoms with E-state index >= 15 is 0 Å². The van der Waals surface area contributed by atoms with Crippen molar-refractivity contribution in [2.75, 3.05) is 4.72 Å². The van der Waals surface area contributed by atoms with E-state index in [-0.39, 0.29) is 17.8 Å². The molecule has 17 heavy (non-hydrogen) atoms. The lowest BCUT2D eigenvalue weighted by Crippen LogP contribution is -2.23. The van der Waals surface area contributed by atoms with Crippen LogP contribution >= 0.6 is 0 Å². The Bertz CT molecular complexity index is 513. The first-order valence-electron chi connectivity index (χ1n) is 4.34. The molecule has 0 aliphatic carbocycles. The van der Waals surface area contributed by atoms with Gasteiger partial charge >= 0.3 is 6.18 Å². The van der Waals surface area contributed by atoms with Crippen LogP contribution in [0.25, 0.3) is 0 Å². The van der Waals surface area contributed by atoms with Crippen LogP contribution in [-0.2, 0) is 22.9 Å². The summed E-state index contributed by atoms with van der Waals surface area (Å²) in [5.74, 6) is 0. The smallest absolute Gasteiger partial charge is 0.326 e. The first-order chi connectivity index (χ1) is 7.63. The highest BCUT2D eigenvalue weighted by atomic mass is 32.2. The number of benzene rings is 1. The van der Waals surface area contributed by atoms with Gasteiger partial charge in [0.05, 0.1) is 11.3 Å². The van der Waals surface area contributed by atoms with Gasteiger partial charge in [-0.05, 0) is 23.8 Å². The van der Waals surface area contributed by atoms with Crippen molar-refractivity contribution in [3.63, 3.8) is 0 Å². The molecule has 0 atom stereocenters. The van der Waals surface area contributed by atoms with Crippen molar-refractivity contribution < 1.29 is 21.6 Å². The van der Waals surface area contributed by atoms with E-state index < -0.39 is 21.9 Å². The first-order valence-corrected chi connectivity index (χ1v) is 5.89. The first kappa shape index (κ1) is 13.7. The highest BCUT2D eigenvalue weighted by molar-refractivity contribution is 7.90. The molecule has 0 fully saturated rings. The summed E-state index contributed by atoms with van der Waals surface area (Å²) < 4.78 is 60.5. The normalized spacial score (nSPS) is 12.5. The van der Waals surface area contributed by atoms with Gasteiger partial charge in [-0.2, -0.15) is 21.6 Å². The van der Waals surface area contributed by atoms with Gasteiger partial charge < -0.3 is 5.73 Å². The molecule has 0 bridgehead atoms. The molecule has 0 saturated carbocycles. The van der Waals surface area contributed by atoms with Crippen molar-refractivity contribution in [2.45, 2.75) is 12.7 Å². The number of anilines is 1. The number of rotatable bonds is 3. The van der Waals surface area contributed by atoms with Crippen molar-refractivity contribution in [3.05, 3.63) is 29.3 Å². The van der Waals surface area contributed by atoms with Gasteiger partial charge in [0, 0.05) is 6.54 Å². The molecule has 0 radical (unpaired) electrons. The number of alkyl halides is 3. The molecule has 0 heterocycles. The lowest BCUT2D eigenvalue weighted by Gasteiger charge is -2.12. The van der Waals surface area contributed by atoms with Crippen molar-refractivity contribution >= 4 is 15.9 Å². The quantitative estimate of drug-likeness (QED) is 0.756. The number of halogens is 3. The number of nitrogens with two attached hydrogens (primary N) is 2. The fraction of sp³-hybridized carbons (Fsp3) is 0.250. The standard InChI is InChI=1S/C8H10F3N3O2S/c9-8(10,11)6-1-2-7(5(3-6)4-12)14-17(13,15)16/h1-3,14H,4,12H2,(H2,13,15,16). The van der Waals surface area contributed by atoms with E-state index in [4.69, 9.17) is 10.9 Å². The molecule has 0 aliphatic heterocycles. The minimum Gasteiger partial charge on any atom is -0.326 e.